The van der Waals surface area contributed by atoms with Crippen molar-refractivity contribution in [3.63, 3.8) is 0 Å². The molecule has 39 heavy (non-hydrogen) atoms. The Bertz CT molecular complexity index is 1750. The highest BCUT2D eigenvalue weighted by molar-refractivity contribution is 7.07. The summed E-state index contributed by atoms with van der Waals surface area (Å²) in [4.78, 5) is 18.4. The lowest BCUT2D eigenvalue weighted by Crippen LogP contribution is -2.13. The summed E-state index contributed by atoms with van der Waals surface area (Å²) in [5.74, 6) is -0.265. The second-order valence-electron chi connectivity index (χ2n) is 9.22. The SMILES string of the molecule is Cc1cc(C)c(-c2csc(=Nc3ccccc3)n2N=Cc2cccc(NC(=O)c3ccccc3Cl)c2)cc1C. The molecule has 0 saturated carbocycles. The Morgan fingerprint density at radius 2 is 1.62 bits per heavy atom. The average molecular weight is 551 g/mol. The highest BCUT2D eigenvalue weighted by Gasteiger charge is 2.13. The highest BCUT2D eigenvalue weighted by Crippen LogP contribution is 2.27. The molecule has 0 fully saturated rings. The second kappa shape index (κ2) is 11.6. The molecule has 5 nitrogen and oxygen atoms in total. The maximum Gasteiger partial charge on any atom is 0.257 e. The molecule has 1 amide bonds. The average Bonchev–Trinajstić information content (AvgIpc) is 3.32. The third-order valence-electron chi connectivity index (χ3n) is 6.37. The van der Waals surface area contributed by atoms with Crippen LogP contribution in [0.3, 0.4) is 0 Å². The maximum absolute atomic E-state index is 12.7. The Morgan fingerprint density at radius 3 is 2.41 bits per heavy atom. The van der Waals surface area contributed by atoms with E-state index < -0.39 is 0 Å². The standard InChI is InChI=1S/C32H27ClN4OS/c1-21-16-23(3)28(17-22(21)2)30-20-39-32(36-25-11-5-4-6-12-25)37(30)34-19-24-10-9-13-26(18-24)35-31(38)27-14-7-8-15-29(27)33/h4-20H,1-3H3,(H,35,38). The molecular formula is C32H27ClN4OS. The number of anilines is 1. The van der Waals surface area contributed by atoms with Gasteiger partial charge in [-0.25, -0.2) is 9.67 Å². The van der Waals surface area contributed by atoms with Gasteiger partial charge in [-0.2, -0.15) is 5.10 Å². The van der Waals surface area contributed by atoms with Crippen molar-refractivity contribution >= 4 is 46.4 Å². The molecule has 0 aliphatic rings. The molecule has 194 valence electrons. The van der Waals surface area contributed by atoms with Gasteiger partial charge in [0.1, 0.15) is 0 Å². The lowest BCUT2D eigenvalue weighted by molar-refractivity contribution is 0.102. The number of amides is 1. The molecule has 4 aromatic carbocycles. The number of aryl methyl sites for hydroxylation is 3. The van der Waals surface area contributed by atoms with Crippen molar-refractivity contribution in [2.45, 2.75) is 20.8 Å². The fraction of sp³-hybridized carbons (Fsp3) is 0.0938. The summed E-state index contributed by atoms with van der Waals surface area (Å²) in [6, 6.07) is 28.8. The maximum atomic E-state index is 12.7. The number of nitrogens with zero attached hydrogens (tertiary/aromatic N) is 3. The molecule has 0 bridgehead atoms. The zero-order valence-electron chi connectivity index (χ0n) is 21.9. The van der Waals surface area contributed by atoms with Crippen LogP contribution in [0.2, 0.25) is 5.02 Å². The van der Waals surface area contributed by atoms with Crippen molar-refractivity contribution in [1.82, 2.24) is 4.68 Å². The van der Waals surface area contributed by atoms with Gasteiger partial charge in [0.15, 0.2) is 0 Å². The van der Waals surface area contributed by atoms with Gasteiger partial charge in [0, 0.05) is 16.6 Å². The van der Waals surface area contributed by atoms with Gasteiger partial charge in [0.2, 0.25) is 4.80 Å². The number of carbonyl (C=O) groups is 1. The number of carbonyl (C=O) groups excluding carboxylic acids is 1. The fourth-order valence-corrected chi connectivity index (χ4v) is 5.26. The van der Waals surface area contributed by atoms with Crippen molar-refractivity contribution in [2.75, 3.05) is 5.32 Å². The molecule has 0 saturated heterocycles. The first-order valence-corrected chi connectivity index (χ1v) is 13.7. The summed E-state index contributed by atoms with van der Waals surface area (Å²) in [6.07, 6.45) is 1.78. The first-order valence-electron chi connectivity index (χ1n) is 12.5. The van der Waals surface area contributed by atoms with Gasteiger partial charge >= 0.3 is 0 Å². The molecule has 7 heteroatoms. The molecule has 1 aromatic heterocycles. The van der Waals surface area contributed by atoms with E-state index in [9.17, 15) is 4.79 Å². The fourth-order valence-electron chi connectivity index (χ4n) is 4.19. The molecule has 0 unspecified atom stereocenters. The molecule has 0 atom stereocenters. The summed E-state index contributed by atoms with van der Waals surface area (Å²) in [7, 11) is 0. The van der Waals surface area contributed by atoms with Gasteiger partial charge in [0.25, 0.3) is 5.91 Å². The molecule has 0 radical (unpaired) electrons. The highest BCUT2D eigenvalue weighted by atomic mass is 35.5. The van der Waals surface area contributed by atoms with E-state index in [1.54, 1.807) is 41.8 Å². The molecule has 1 N–H and O–H groups in total. The van der Waals surface area contributed by atoms with E-state index in [0.717, 1.165) is 27.3 Å². The molecule has 5 aromatic rings. The van der Waals surface area contributed by atoms with Crippen LogP contribution in [0.25, 0.3) is 11.3 Å². The molecule has 5 rings (SSSR count). The van der Waals surface area contributed by atoms with Crippen LogP contribution in [0.5, 0.6) is 0 Å². The van der Waals surface area contributed by atoms with E-state index >= 15 is 0 Å². The van der Waals surface area contributed by atoms with Crippen LogP contribution < -0.4 is 10.1 Å². The van der Waals surface area contributed by atoms with E-state index in [0.29, 0.717) is 16.3 Å². The smallest absolute Gasteiger partial charge is 0.257 e. The predicted octanol–water partition coefficient (Wildman–Crippen LogP) is 8.16. The number of halogens is 1. The number of para-hydroxylation sites is 1. The van der Waals surface area contributed by atoms with E-state index in [2.05, 4.69) is 43.6 Å². The third-order valence-corrected chi connectivity index (χ3v) is 7.51. The summed E-state index contributed by atoms with van der Waals surface area (Å²) >= 11 is 7.74. The number of thiazole rings is 1. The first-order chi connectivity index (χ1) is 18.9. The minimum Gasteiger partial charge on any atom is -0.322 e. The number of nitrogens with one attached hydrogen (secondary N) is 1. The van der Waals surface area contributed by atoms with Crippen LogP contribution in [0.4, 0.5) is 11.4 Å². The first kappa shape index (κ1) is 26.4. The Balaban J connectivity index is 1.52. The molecule has 1 heterocycles. The van der Waals surface area contributed by atoms with Crippen LogP contribution in [-0.4, -0.2) is 16.8 Å². The lowest BCUT2D eigenvalue weighted by Gasteiger charge is -2.11. The van der Waals surface area contributed by atoms with Crippen LogP contribution in [0.15, 0.2) is 106 Å². The Morgan fingerprint density at radius 1 is 0.872 bits per heavy atom. The minimum absolute atomic E-state index is 0.265. The number of aromatic nitrogens is 1. The zero-order chi connectivity index (χ0) is 27.4. The van der Waals surface area contributed by atoms with Crippen molar-refractivity contribution in [2.24, 2.45) is 10.1 Å². The van der Waals surface area contributed by atoms with Crippen LogP contribution in [0.1, 0.15) is 32.6 Å². The van der Waals surface area contributed by atoms with Gasteiger partial charge in [-0.05, 0) is 85.5 Å². The van der Waals surface area contributed by atoms with Crippen LogP contribution in [0, 0.1) is 20.8 Å². The summed E-state index contributed by atoms with van der Waals surface area (Å²) in [6.45, 7) is 6.36. The number of benzene rings is 4. The Kier molecular flexibility index (Phi) is 7.87. The van der Waals surface area contributed by atoms with Gasteiger partial charge < -0.3 is 5.32 Å². The lowest BCUT2D eigenvalue weighted by atomic mass is 9.99. The predicted molar refractivity (Wildman–Crippen MR) is 162 cm³/mol. The largest absolute Gasteiger partial charge is 0.322 e. The summed E-state index contributed by atoms with van der Waals surface area (Å²) in [5.41, 5.74) is 8.50. The normalized spacial score (nSPS) is 11.7. The number of rotatable bonds is 6. The Hall–Kier alpha value is -4.26. The molecule has 0 aliphatic carbocycles. The zero-order valence-corrected chi connectivity index (χ0v) is 23.4. The van der Waals surface area contributed by atoms with Gasteiger partial charge in [-0.1, -0.05) is 60.1 Å². The van der Waals surface area contributed by atoms with E-state index in [4.69, 9.17) is 21.7 Å². The number of hydrogen-bond acceptors (Lipinski definition) is 4. The van der Waals surface area contributed by atoms with Crippen molar-refractivity contribution < 1.29 is 4.79 Å². The quantitative estimate of drug-likeness (QED) is 0.213. The van der Waals surface area contributed by atoms with Gasteiger partial charge in [-0.3, -0.25) is 4.79 Å². The van der Waals surface area contributed by atoms with Crippen molar-refractivity contribution in [3.05, 3.63) is 134 Å². The minimum atomic E-state index is -0.265. The third kappa shape index (κ3) is 6.08. The second-order valence-corrected chi connectivity index (χ2v) is 10.5. The van der Waals surface area contributed by atoms with Crippen LogP contribution >= 0.6 is 22.9 Å². The molecule has 0 aliphatic heterocycles. The van der Waals surface area contributed by atoms with Gasteiger partial charge in [-0.15, -0.1) is 11.3 Å². The summed E-state index contributed by atoms with van der Waals surface area (Å²) < 4.78 is 1.88. The molecule has 0 spiro atoms. The topological polar surface area (TPSA) is 58.8 Å². The van der Waals surface area contributed by atoms with Crippen molar-refractivity contribution in [3.8, 4) is 11.3 Å². The van der Waals surface area contributed by atoms with E-state index in [1.807, 2.05) is 59.3 Å². The van der Waals surface area contributed by atoms with E-state index in [-0.39, 0.29) is 5.91 Å². The summed E-state index contributed by atoms with van der Waals surface area (Å²) in [5, 5.41) is 10.3. The van der Waals surface area contributed by atoms with Gasteiger partial charge in [0.05, 0.1) is 28.2 Å². The van der Waals surface area contributed by atoms with Crippen molar-refractivity contribution in [1.29, 1.82) is 0 Å². The molecular weight excluding hydrogens is 524 g/mol. The van der Waals surface area contributed by atoms with Crippen LogP contribution in [-0.2, 0) is 0 Å². The number of hydrogen-bond donors (Lipinski definition) is 1. The Labute approximate surface area is 236 Å². The monoisotopic (exact) mass is 550 g/mol. The van der Waals surface area contributed by atoms with E-state index in [1.165, 1.54) is 16.7 Å².